The number of halogens is 1. The van der Waals surface area contributed by atoms with Gasteiger partial charge in [-0.05, 0) is 87.0 Å². The van der Waals surface area contributed by atoms with Gasteiger partial charge in [-0.1, -0.05) is 42.5 Å². The third-order valence-electron chi connectivity index (χ3n) is 7.34. The van der Waals surface area contributed by atoms with Crippen LogP contribution in [0, 0.1) is 15.9 Å². The molecule has 0 saturated heterocycles. The number of carbonyl (C=O) groups excluding carboxylic acids is 4. The van der Waals surface area contributed by atoms with Crippen LogP contribution in [0.2, 0.25) is 0 Å². The van der Waals surface area contributed by atoms with E-state index >= 15 is 0 Å². The highest BCUT2D eigenvalue weighted by atomic mass is 19.1. The maximum atomic E-state index is 13.7. The van der Waals surface area contributed by atoms with Gasteiger partial charge in [0.2, 0.25) is 5.91 Å². The first kappa shape index (κ1) is 36.4. The normalized spacial score (nSPS) is 11.8. The van der Waals surface area contributed by atoms with Gasteiger partial charge >= 0.3 is 6.09 Å². The van der Waals surface area contributed by atoms with Crippen molar-refractivity contribution >= 4 is 46.8 Å². The molecule has 0 aliphatic heterocycles. The number of furan rings is 1. The fourth-order valence-electron chi connectivity index (χ4n) is 4.94. The number of anilines is 2. The van der Waals surface area contributed by atoms with Crippen molar-refractivity contribution in [3.63, 3.8) is 0 Å². The van der Waals surface area contributed by atoms with Crippen LogP contribution < -0.4 is 16.0 Å². The molecule has 12 nitrogen and oxygen atoms in total. The zero-order chi connectivity index (χ0) is 37.4. The van der Waals surface area contributed by atoms with Crippen LogP contribution in [-0.4, -0.2) is 34.2 Å². The molecule has 5 rings (SSSR count). The van der Waals surface area contributed by atoms with Crippen LogP contribution in [-0.2, 0) is 14.3 Å². The van der Waals surface area contributed by atoms with Gasteiger partial charge < -0.3 is 25.1 Å². The van der Waals surface area contributed by atoms with Crippen molar-refractivity contribution in [1.82, 2.24) is 5.32 Å². The number of benzene rings is 4. The molecule has 13 heteroatoms. The summed E-state index contributed by atoms with van der Waals surface area (Å²) in [5.74, 6) is -1.52. The lowest BCUT2D eigenvalue weighted by Gasteiger charge is -2.24. The van der Waals surface area contributed by atoms with Crippen molar-refractivity contribution in [1.29, 1.82) is 0 Å². The number of non-ortho nitro benzene ring substituents is 1. The number of nitrogens with zero attached hydrogens (tertiary/aromatic N) is 1. The Labute approximate surface area is 297 Å². The largest absolute Gasteiger partial charge is 0.457 e. The predicted molar refractivity (Wildman–Crippen MR) is 192 cm³/mol. The lowest BCUT2D eigenvalue weighted by atomic mass is 10.00. The SMILES string of the molecule is CC(C)(C)OC(=O)NC(C(=O)Nc1ccc(NC(=O)/C=C/c2ccc(-c3ccc([N+](=O)[O-])cc3)o2)cc1C(=O)c1ccccc1)c1ccc(F)cc1. The fourth-order valence-corrected chi connectivity index (χ4v) is 4.94. The highest BCUT2D eigenvalue weighted by Crippen LogP contribution is 2.27. The molecule has 1 heterocycles. The first-order valence-electron chi connectivity index (χ1n) is 15.9. The van der Waals surface area contributed by atoms with Crippen LogP contribution in [0.15, 0.2) is 120 Å². The Morgan fingerprint density at radius 2 is 1.56 bits per heavy atom. The number of alkyl carbamates (subject to hydrolysis) is 1. The Morgan fingerprint density at radius 1 is 0.865 bits per heavy atom. The minimum Gasteiger partial charge on any atom is -0.457 e. The summed E-state index contributed by atoms with van der Waals surface area (Å²) in [5.41, 5.74) is 0.616. The lowest BCUT2D eigenvalue weighted by molar-refractivity contribution is -0.384. The van der Waals surface area contributed by atoms with Crippen molar-refractivity contribution in [3.05, 3.63) is 154 Å². The Kier molecular flexibility index (Phi) is 11.0. The van der Waals surface area contributed by atoms with Gasteiger partial charge in [0.15, 0.2) is 5.78 Å². The summed E-state index contributed by atoms with van der Waals surface area (Å²) < 4.78 is 24.8. The molecule has 0 bridgehead atoms. The maximum absolute atomic E-state index is 13.7. The van der Waals surface area contributed by atoms with E-state index in [4.69, 9.17) is 9.15 Å². The van der Waals surface area contributed by atoms with E-state index in [0.29, 0.717) is 22.6 Å². The number of hydrogen-bond donors (Lipinski definition) is 3. The molecular weight excluding hydrogens is 671 g/mol. The molecule has 5 aromatic rings. The van der Waals surface area contributed by atoms with Crippen molar-refractivity contribution in [2.45, 2.75) is 32.4 Å². The average Bonchev–Trinajstić information content (AvgIpc) is 3.59. The van der Waals surface area contributed by atoms with Crippen LogP contribution in [0.5, 0.6) is 0 Å². The standard InChI is InChI=1S/C39H33FN4O8/c1-39(2,3)52-38(48)43-35(25-9-13-27(40)14-10-25)37(47)42-32-20-15-28(23-31(32)36(46)26-7-5-4-6-8-26)41-34(45)22-19-30-18-21-33(51-30)24-11-16-29(17-12-24)44(49)50/h4-23,35H,1-3H3,(H,41,45)(H,42,47)(H,43,48)/b22-19+. The highest BCUT2D eigenvalue weighted by molar-refractivity contribution is 6.15. The Hall–Kier alpha value is -6.89. The van der Waals surface area contributed by atoms with E-state index in [-0.39, 0.29) is 28.2 Å². The number of nitro groups is 1. The van der Waals surface area contributed by atoms with Crippen molar-refractivity contribution in [2.24, 2.45) is 0 Å². The summed E-state index contributed by atoms with van der Waals surface area (Å²) in [4.78, 5) is 63.5. The number of rotatable bonds is 11. The van der Waals surface area contributed by atoms with E-state index in [2.05, 4.69) is 16.0 Å². The number of ether oxygens (including phenoxy) is 1. The topological polar surface area (TPSA) is 170 Å². The Balaban J connectivity index is 1.37. The second-order valence-corrected chi connectivity index (χ2v) is 12.4. The zero-order valence-corrected chi connectivity index (χ0v) is 28.2. The Morgan fingerprint density at radius 3 is 2.21 bits per heavy atom. The Bertz CT molecular complexity index is 2140. The third kappa shape index (κ3) is 9.63. The number of ketones is 1. The predicted octanol–water partition coefficient (Wildman–Crippen LogP) is 8.08. The summed E-state index contributed by atoms with van der Waals surface area (Å²) in [5, 5.41) is 18.8. The van der Waals surface area contributed by atoms with E-state index in [1.54, 1.807) is 75.4 Å². The number of amides is 3. The van der Waals surface area contributed by atoms with E-state index in [0.717, 1.165) is 12.1 Å². The number of nitro benzene ring substituents is 1. The van der Waals surface area contributed by atoms with Crippen molar-refractivity contribution < 1.29 is 37.6 Å². The molecule has 1 aromatic heterocycles. The van der Waals surface area contributed by atoms with Gasteiger partial charge in [0.1, 0.15) is 29.0 Å². The summed E-state index contributed by atoms with van der Waals surface area (Å²) in [6.07, 6.45) is 1.77. The molecule has 3 N–H and O–H groups in total. The zero-order valence-electron chi connectivity index (χ0n) is 28.2. The van der Waals surface area contributed by atoms with E-state index in [9.17, 15) is 33.7 Å². The third-order valence-corrected chi connectivity index (χ3v) is 7.34. The molecule has 264 valence electrons. The lowest BCUT2D eigenvalue weighted by Crippen LogP contribution is -2.40. The molecule has 0 radical (unpaired) electrons. The van der Waals surface area contributed by atoms with E-state index in [1.807, 2.05) is 0 Å². The van der Waals surface area contributed by atoms with Crippen molar-refractivity contribution in [3.8, 4) is 11.3 Å². The van der Waals surface area contributed by atoms with Gasteiger partial charge in [0.05, 0.1) is 10.6 Å². The quantitative estimate of drug-likeness (QED) is 0.0536. The van der Waals surface area contributed by atoms with E-state index < -0.39 is 46.1 Å². The smallest absolute Gasteiger partial charge is 0.408 e. The molecule has 0 fully saturated rings. The summed E-state index contributed by atoms with van der Waals surface area (Å²) in [7, 11) is 0. The van der Waals surface area contributed by atoms with Gasteiger partial charge in [-0.3, -0.25) is 24.5 Å². The summed E-state index contributed by atoms with van der Waals surface area (Å²) in [6.45, 7) is 4.98. The fraction of sp³-hybridized carbons (Fsp3) is 0.128. The molecule has 0 saturated carbocycles. The number of nitrogens with one attached hydrogen (secondary N) is 3. The molecule has 0 spiro atoms. The molecule has 3 amide bonds. The van der Waals surface area contributed by atoms with Crippen LogP contribution in [0.1, 0.15) is 54.1 Å². The minimum atomic E-state index is -1.33. The molecule has 1 unspecified atom stereocenters. The summed E-state index contributed by atoms with van der Waals surface area (Å²) >= 11 is 0. The second kappa shape index (κ2) is 15.8. The first-order chi connectivity index (χ1) is 24.8. The molecule has 0 aliphatic carbocycles. The van der Waals surface area contributed by atoms with Crippen LogP contribution >= 0.6 is 0 Å². The average molecular weight is 705 g/mol. The summed E-state index contributed by atoms with van der Waals surface area (Å²) in [6, 6.07) is 25.4. The molecule has 4 aromatic carbocycles. The van der Waals surface area contributed by atoms with Crippen LogP contribution in [0.25, 0.3) is 17.4 Å². The van der Waals surface area contributed by atoms with Crippen LogP contribution in [0.4, 0.5) is 26.2 Å². The monoisotopic (exact) mass is 704 g/mol. The molecule has 52 heavy (non-hydrogen) atoms. The van der Waals surface area contributed by atoms with Gasteiger partial charge in [-0.25, -0.2) is 9.18 Å². The molecule has 1 atom stereocenters. The first-order valence-corrected chi connectivity index (χ1v) is 15.9. The second-order valence-electron chi connectivity index (χ2n) is 12.4. The van der Waals surface area contributed by atoms with Crippen molar-refractivity contribution in [2.75, 3.05) is 10.6 Å². The maximum Gasteiger partial charge on any atom is 0.408 e. The number of carbonyl (C=O) groups is 4. The van der Waals surface area contributed by atoms with E-state index in [1.165, 1.54) is 54.6 Å². The van der Waals surface area contributed by atoms with Crippen LogP contribution in [0.3, 0.4) is 0 Å². The minimum absolute atomic E-state index is 0.0372. The van der Waals surface area contributed by atoms with Gasteiger partial charge in [0.25, 0.3) is 11.6 Å². The van der Waals surface area contributed by atoms with Gasteiger partial charge in [0, 0.05) is 40.6 Å². The highest BCUT2D eigenvalue weighted by Gasteiger charge is 2.27. The number of hydrogen-bond acceptors (Lipinski definition) is 8. The van der Waals surface area contributed by atoms with Gasteiger partial charge in [-0.15, -0.1) is 0 Å². The molecule has 0 aliphatic rings. The molecular formula is C39H33FN4O8. The van der Waals surface area contributed by atoms with Gasteiger partial charge in [-0.2, -0.15) is 0 Å².